The molecule has 2 amide bonds. The van der Waals surface area contributed by atoms with Gasteiger partial charge in [-0.15, -0.1) is 0 Å². The van der Waals surface area contributed by atoms with Crippen LogP contribution in [0.15, 0.2) is 48.2 Å². The van der Waals surface area contributed by atoms with Gasteiger partial charge in [-0.05, 0) is 56.5 Å². The van der Waals surface area contributed by atoms with Gasteiger partial charge in [0, 0.05) is 22.9 Å². The molecule has 1 heterocycles. The summed E-state index contributed by atoms with van der Waals surface area (Å²) in [4.78, 5) is 27.0. The van der Waals surface area contributed by atoms with Crippen molar-refractivity contribution in [3.8, 4) is 0 Å². The minimum absolute atomic E-state index is 0.113. The quantitative estimate of drug-likeness (QED) is 0.347. The first kappa shape index (κ1) is 20.2. The fraction of sp³-hybridized carbons (Fsp3) is 0.273. The molecule has 0 atom stereocenters. The lowest BCUT2D eigenvalue weighted by Gasteiger charge is -2.20. The Bertz CT molecular complexity index is 1090. The summed E-state index contributed by atoms with van der Waals surface area (Å²) in [5, 5.41) is 0.950. The van der Waals surface area contributed by atoms with E-state index in [0.29, 0.717) is 11.3 Å². The molecule has 30 heavy (non-hydrogen) atoms. The predicted molar refractivity (Wildman–Crippen MR) is 106 cm³/mol. The molecule has 2 aromatic carbocycles. The SMILES string of the molecule is C/C(=C1/C(=O)N(c2cccc(C)c2)c2cc(C(F)(F)F)ccc21)N(N)C(=O)C1CC1. The minimum atomic E-state index is -4.56. The highest BCUT2D eigenvalue weighted by Gasteiger charge is 2.41. The van der Waals surface area contributed by atoms with Crippen LogP contribution in [0.4, 0.5) is 24.5 Å². The molecule has 1 aliphatic carbocycles. The Morgan fingerprint density at radius 1 is 1.17 bits per heavy atom. The monoisotopic (exact) mass is 415 g/mol. The summed E-state index contributed by atoms with van der Waals surface area (Å²) in [7, 11) is 0. The Morgan fingerprint density at radius 3 is 2.47 bits per heavy atom. The van der Waals surface area contributed by atoms with Crippen molar-refractivity contribution < 1.29 is 22.8 Å². The van der Waals surface area contributed by atoms with Crippen LogP contribution in [0, 0.1) is 12.8 Å². The smallest absolute Gasteiger partial charge is 0.276 e. The topological polar surface area (TPSA) is 66.6 Å². The molecule has 2 aliphatic rings. The minimum Gasteiger partial charge on any atom is -0.276 e. The number of aryl methyl sites for hydroxylation is 1. The number of halogens is 3. The van der Waals surface area contributed by atoms with Gasteiger partial charge >= 0.3 is 6.18 Å². The number of amides is 2. The van der Waals surface area contributed by atoms with Crippen molar-refractivity contribution in [2.24, 2.45) is 11.8 Å². The van der Waals surface area contributed by atoms with E-state index in [1.165, 1.54) is 17.9 Å². The van der Waals surface area contributed by atoms with E-state index in [9.17, 15) is 22.8 Å². The van der Waals surface area contributed by atoms with Crippen LogP contribution < -0.4 is 10.7 Å². The van der Waals surface area contributed by atoms with Crippen LogP contribution in [-0.4, -0.2) is 16.8 Å². The molecule has 8 heteroatoms. The molecule has 1 aliphatic heterocycles. The molecule has 156 valence electrons. The second-order valence-corrected chi connectivity index (χ2v) is 7.65. The van der Waals surface area contributed by atoms with Crippen molar-refractivity contribution in [3.05, 3.63) is 64.9 Å². The first-order valence-corrected chi connectivity index (χ1v) is 9.52. The van der Waals surface area contributed by atoms with Crippen molar-refractivity contribution in [1.82, 2.24) is 5.01 Å². The molecule has 1 fully saturated rings. The summed E-state index contributed by atoms with van der Waals surface area (Å²) in [6.07, 6.45) is -3.08. The van der Waals surface area contributed by atoms with E-state index in [4.69, 9.17) is 5.84 Å². The fourth-order valence-corrected chi connectivity index (χ4v) is 3.63. The van der Waals surface area contributed by atoms with Crippen molar-refractivity contribution in [1.29, 1.82) is 0 Å². The molecular formula is C22H20F3N3O2. The number of hydrazine groups is 1. The molecule has 4 rings (SSSR count). The number of hydrogen-bond donors (Lipinski definition) is 1. The summed E-state index contributed by atoms with van der Waals surface area (Å²) in [6, 6.07) is 10.1. The van der Waals surface area contributed by atoms with Crippen molar-refractivity contribution in [2.75, 3.05) is 4.90 Å². The number of hydrogen-bond acceptors (Lipinski definition) is 3. The highest BCUT2D eigenvalue weighted by Crippen LogP contribution is 2.46. The van der Waals surface area contributed by atoms with Gasteiger partial charge in [0.2, 0.25) is 5.91 Å². The van der Waals surface area contributed by atoms with Gasteiger partial charge in [-0.3, -0.25) is 19.5 Å². The van der Waals surface area contributed by atoms with Gasteiger partial charge < -0.3 is 0 Å². The van der Waals surface area contributed by atoms with Gasteiger partial charge in [0.25, 0.3) is 5.91 Å². The lowest BCUT2D eigenvalue weighted by atomic mass is 10.0. The molecular weight excluding hydrogens is 395 g/mol. The van der Waals surface area contributed by atoms with Crippen LogP contribution in [0.3, 0.4) is 0 Å². The summed E-state index contributed by atoms with van der Waals surface area (Å²) in [6.45, 7) is 3.36. The van der Waals surface area contributed by atoms with Gasteiger partial charge in [-0.25, -0.2) is 5.84 Å². The number of benzene rings is 2. The van der Waals surface area contributed by atoms with Crippen molar-refractivity contribution in [3.63, 3.8) is 0 Å². The Hall–Kier alpha value is -3.13. The first-order valence-electron chi connectivity index (χ1n) is 9.52. The van der Waals surface area contributed by atoms with Crippen LogP contribution in [0.25, 0.3) is 5.57 Å². The summed E-state index contributed by atoms with van der Waals surface area (Å²) < 4.78 is 40.0. The first-order chi connectivity index (χ1) is 14.1. The Morgan fingerprint density at radius 2 is 1.87 bits per heavy atom. The third-order valence-electron chi connectivity index (χ3n) is 5.40. The Labute approximate surface area is 171 Å². The predicted octanol–water partition coefficient (Wildman–Crippen LogP) is 4.54. The van der Waals surface area contributed by atoms with Crippen LogP contribution in [0.1, 0.15) is 36.5 Å². The Balaban J connectivity index is 1.90. The molecule has 0 radical (unpaired) electrons. The average molecular weight is 415 g/mol. The molecule has 0 unspecified atom stereocenters. The molecule has 0 saturated heterocycles. The number of anilines is 2. The lowest BCUT2D eigenvalue weighted by Crippen LogP contribution is -2.38. The highest BCUT2D eigenvalue weighted by atomic mass is 19.4. The molecule has 0 bridgehead atoms. The van der Waals surface area contributed by atoms with Crippen molar-refractivity contribution >= 4 is 28.8 Å². The number of allylic oxidation sites excluding steroid dienone is 1. The van der Waals surface area contributed by atoms with Crippen LogP contribution in [0.5, 0.6) is 0 Å². The number of nitrogens with zero attached hydrogens (tertiary/aromatic N) is 2. The normalized spacial score (nSPS) is 17.8. The second kappa shape index (κ2) is 6.98. The maximum atomic E-state index is 13.4. The number of fused-ring (bicyclic) bond motifs is 1. The van der Waals surface area contributed by atoms with E-state index >= 15 is 0 Å². The molecule has 0 spiro atoms. The largest absolute Gasteiger partial charge is 0.416 e. The van der Waals surface area contributed by atoms with E-state index in [1.807, 2.05) is 13.0 Å². The third kappa shape index (κ3) is 3.37. The Kier molecular flexibility index (Phi) is 4.69. The van der Waals surface area contributed by atoms with Gasteiger partial charge in [-0.2, -0.15) is 13.2 Å². The average Bonchev–Trinajstić information content (AvgIpc) is 3.48. The zero-order valence-electron chi connectivity index (χ0n) is 16.5. The van der Waals surface area contributed by atoms with E-state index in [-0.39, 0.29) is 28.8 Å². The van der Waals surface area contributed by atoms with Gasteiger partial charge in [-0.1, -0.05) is 18.2 Å². The number of nitrogens with two attached hydrogens (primary N) is 1. The standard InChI is InChI=1S/C22H20F3N3O2/c1-12-4-3-5-16(10-12)27-18-11-15(22(23,24)25)8-9-17(18)19(21(27)30)13(2)28(26)20(29)14-6-7-14/h3-5,8-11,14H,6-7,26H2,1-2H3/b19-13-. The summed E-state index contributed by atoms with van der Waals surface area (Å²) in [5.74, 6) is 5.00. The van der Waals surface area contributed by atoms with Crippen LogP contribution >= 0.6 is 0 Å². The third-order valence-corrected chi connectivity index (χ3v) is 5.40. The molecule has 2 aromatic rings. The number of carbonyl (C=O) groups excluding carboxylic acids is 2. The number of carbonyl (C=O) groups is 2. The van der Waals surface area contributed by atoms with Crippen LogP contribution in [-0.2, 0) is 15.8 Å². The van der Waals surface area contributed by atoms with Crippen LogP contribution in [0.2, 0.25) is 0 Å². The molecule has 1 saturated carbocycles. The van der Waals surface area contributed by atoms with E-state index < -0.39 is 17.6 Å². The maximum absolute atomic E-state index is 13.4. The van der Waals surface area contributed by atoms with E-state index in [2.05, 4.69) is 0 Å². The molecule has 2 N–H and O–H groups in total. The van der Waals surface area contributed by atoms with E-state index in [0.717, 1.165) is 35.5 Å². The highest BCUT2D eigenvalue weighted by molar-refractivity contribution is 6.35. The second-order valence-electron chi connectivity index (χ2n) is 7.65. The maximum Gasteiger partial charge on any atom is 0.416 e. The van der Waals surface area contributed by atoms with Gasteiger partial charge in [0.05, 0.1) is 16.8 Å². The fourth-order valence-electron chi connectivity index (χ4n) is 3.63. The van der Waals surface area contributed by atoms with Gasteiger partial charge in [0.15, 0.2) is 0 Å². The number of alkyl halides is 3. The zero-order valence-corrected chi connectivity index (χ0v) is 16.5. The molecule has 5 nitrogen and oxygen atoms in total. The summed E-state index contributed by atoms with van der Waals surface area (Å²) in [5.41, 5.74) is 1.20. The zero-order chi connectivity index (χ0) is 21.8. The molecule has 0 aromatic heterocycles. The van der Waals surface area contributed by atoms with E-state index in [1.54, 1.807) is 18.2 Å². The van der Waals surface area contributed by atoms with Crippen molar-refractivity contribution in [2.45, 2.75) is 32.9 Å². The number of rotatable bonds is 3. The summed E-state index contributed by atoms with van der Waals surface area (Å²) >= 11 is 0. The van der Waals surface area contributed by atoms with Gasteiger partial charge in [0.1, 0.15) is 0 Å². The lowest BCUT2D eigenvalue weighted by molar-refractivity contribution is -0.137.